The maximum atomic E-state index is 14.1. The molecule has 7 nitrogen and oxygen atoms in total. The Morgan fingerprint density at radius 3 is 2.68 bits per heavy atom. The number of hydrogen-bond donors (Lipinski definition) is 1. The smallest absolute Gasteiger partial charge is 0.357 e. The fraction of sp³-hybridized carbons (Fsp3) is 0.294. The van der Waals surface area contributed by atoms with Crippen molar-refractivity contribution >= 4 is 17.4 Å². The van der Waals surface area contributed by atoms with E-state index in [1.54, 1.807) is 18.2 Å². The second-order valence-corrected chi connectivity index (χ2v) is 6.35. The molecule has 146 valence electrons. The SMILES string of the molecule is O=C1C(Nc2ccc3nnc(-c4ccccc4F)n3n2)CCN1CC(F)(F)F. The van der Waals surface area contributed by atoms with E-state index in [9.17, 15) is 22.4 Å². The topological polar surface area (TPSA) is 75.4 Å². The summed E-state index contributed by atoms with van der Waals surface area (Å²) >= 11 is 0. The molecule has 0 radical (unpaired) electrons. The Kier molecular flexibility index (Phi) is 4.36. The largest absolute Gasteiger partial charge is 0.406 e. The van der Waals surface area contributed by atoms with Gasteiger partial charge >= 0.3 is 6.18 Å². The summed E-state index contributed by atoms with van der Waals surface area (Å²) < 4.78 is 53.0. The molecular weight excluding hydrogens is 380 g/mol. The molecule has 3 aromatic rings. The van der Waals surface area contributed by atoms with E-state index in [-0.39, 0.29) is 30.2 Å². The average Bonchev–Trinajstić information content (AvgIpc) is 3.19. The number of anilines is 1. The van der Waals surface area contributed by atoms with E-state index >= 15 is 0 Å². The number of alkyl halides is 3. The number of halogens is 4. The van der Waals surface area contributed by atoms with Crippen molar-refractivity contribution in [3.05, 3.63) is 42.2 Å². The van der Waals surface area contributed by atoms with Gasteiger partial charge in [-0.1, -0.05) is 12.1 Å². The molecule has 28 heavy (non-hydrogen) atoms. The van der Waals surface area contributed by atoms with Gasteiger partial charge in [-0.2, -0.15) is 17.7 Å². The molecule has 1 aromatic carbocycles. The minimum Gasteiger partial charge on any atom is -0.357 e. The van der Waals surface area contributed by atoms with Gasteiger partial charge in [-0.3, -0.25) is 4.79 Å². The Hall–Kier alpha value is -3.24. The lowest BCUT2D eigenvalue weighted by molar-refractivity contribution is -0.157. The Morgan fingerprint density at radius 1 is 1.14 bits per heavy atom. The van der Waals surface area contributed by atoms with E-state index < -0.39 is 30.5 Å². The zero-order valence-electron chi connectivity index (χ0n) is 14.3. The van der Waals surface area contributed by atoms with E-state index in [2.05, 4.69) is 20.6 Å². The highest BCUT2D eigenvalue weighted by molar-refractivity contribution is 5.86. The zero-order chi connectivity index (χ0) is 19.9. The Balaban J connectivity index is 1.58. The van der Waals surface area contributed by atoms with Gasteiger partial charge in [-0.15, -0.1) is 15.3 Å². The average molecular weight is 394 g/mol. The van der Waals surface area contributed by atoms with Gasteiger partial charge in [-0.25, -0.2) is 4.39 Å². The van der Waals surface area contributed by atoms with Crippen LogP contribution in [-0.2, 0) is 4.79 Å². The molecule has 0 bridgehead atoms. The van der Waals surface area contributed by atoms with Crippen LogP contribution < -0.4 is 5.32 Å². The molecule has 1 saturated heterocycles. The summed E-state index contributed by atoms with van der Waals surface area (Å²) in [6.07, 6.45) is -4.23. The van der Waals surface area contributed by atoms with Crippen LogP contribution in [0.25, 0.3) is 17.0 Å². The first-order valence-corrected chi connectivity index (χ1v) is 8.41. The van der Waals surface area contributed by atoms with Gasteiger partial charge in [0.05, 0.1) is 5.56 Å². The predicted octanol–water partition coefficient (Wildman–Crippen LogP) is 2.51. The summed E-state index contributed by atoms with van der Waals surface area (Å²) in [5.74, 6) is -0.715. The first-order valence-electron chi connectivity index (χ1n) is 8.41. The molecule has 0 spiro atoms. The van der Waals surface area contributed by atoms with Crippen LogP contribution >= 0.6 is 0 Å². The lowest BCUT2D eigenvalue weighted by Crippen LogP contribution is -2.39. The number of nitrogens with one attached hydrogen (secondary N) is 1. The van der Waals surface area contributed by atoms with Gasteiger partial charge in [-0.05, 0) is 30.7 Å². The van der Waals surface area contributed by atoms with E-state index in [1.807, 2.05) is 0 Å². The normalized spacial score (nSPS) is 17.5. The van der Waals surface area contributed by atoms with Crippen LogP contribution in [0.15, 0.2) is 36.4 Å². The highest BCUT2D eigenvalue weighted by atomic mass is 19.4. The van der Waals surface area contributed by atoms with Crippen LogP contribution in [0.4, 0.5) is 23.4 Å². The minimum absolute atomic E-state index is 0.00532. The zero-order valence-corrected chi connectivity index (χ0v) is 14.3. The molecule has 0 aliphatic carbocycles. The number of benzene rings is 1. The van der Waals surface area contributed by atoms with Crippen molar-refractivity contribution in [1.82, 2.24) is 24.7 Å². The van der Waals surface area contributed by atoms with E-state index in [1.165, 1.54) is 22.7 Å². The standard InChI is InChI=1S/C17H14F4N6O/c18-11-4-2-1-3-10(11)15-24-23-14-6-5-13(25-27(14)15)22-12-7-8-26(16(12)28)9-17(19,20)21/h1-6,12H,7-9H2,(H,22,25). The third-order valence-electron chi connectivity index (χ3n) is 4.37. The number of likely N-dealkylation sites (tertiary alicyclic amines) is 1. The number of carbonyl (C=O) groups is 1. The number of aromatic nitrogens is 4. The van der Waals surface area contributed by atoms with Crippen molar-refractivity contribution < 1.29 is 22.4 Å². The first kappa shape index (κ1) is 18.1. The Morgan fingerprint density at radius 2 is 1.93 bits per heavy atom. The molecule has 1 atom stereocenters. The molecule has 2 aromatic heterocycles. The van der Waals surface area contributed by atoms with Gasteiger partial charge in [0.25, 0.3) is 0 Å². The second kappa shape index (κ2) is 6.73. The molecule has 1 fully saturated rings. The number of carbonyl (C=O) groups excluding carboxylic acids is 1. The molecule has 1 aliphatic rings. The molecule has 1 unspecified atom stereocenters. The highest BCUT2D eigenvalue weighted by Crippen LogP contribution is 2.24. The van der Waals surface area contributed by atoms with Gasteiger partial charge in [0.15, 0.2) is 11.5 Å². The number of hydrogen-bond acceptors (Lipinski definition) is 5. The minimum atomic E-state index is -4.45. The highest BCUT2D eigenvalue weighted by Gasteiger charge is 2.39. The summed E-state index contributed by atoms with van der Waals surface area (Å²) in [6.45, 7) is -1.27. The van der Waals surface area contributed by atoms with Crippen LogP contribution in [-0.4, -0.2) is 55.9 Å². The monoisotopic (exact) mass is 394 g/mol. The number of rotatable bonds is 4. The molecule has 4 rings (SSSR count). The molecule has 11 heteroatoms. The van der Waals surface area contributed by atoms with Crippen molar-refractivity contribution in [2.24, 2.45) is 0 Å². The van der Waals surface area contributed by atoms with Crippen LogP contribution in [0.5, 0.6) is 0 Å². The third-order valence-corrected chi connectivity index (χ3v) is 4.37. The number of fused-ring (bicyclic) bond motifs is 1. The quantitative estimate of drug-likeness (QED) is 0.689. The number of amides is 1. The molecule has 1 N–H and O–H groups in total. The third kappa shape index (κ3) is 3.47. The van der Waals surface area contributed by atoms with E-state index in [4.69, 9.17) is 0 Å². The summed E-state index contributed by atoms with van der Waals surface area (Å²) in [5, 5.41) is 15.0. The molecule has 1 amide bonds. The maximum Gasteiger partial charge on any atom is 0.406 e. The van der Waals surface area contributed by atoms with E-state index in [0.29, 0.717) is 5.65 Å². The van der Waals surface area contributed by atoms with Crippen LogP contribution in [0.2, 0.25) is 0 Å². The van der Waals surface area contributed by atoms with Crippen molar-refractivity contribution in [1.29, 1.82) is 0 Å². The second-order valence-electron chi connectivity index (χ2n) is 6.35. The van der Waals surface area contributed by atoms with Crippen molar-refractivity contribution in [3.8, 4) is 11.4 Å². The maximum absolute atomic E-state index is 14.1. The van der Waals surface area contributed by atoms with Gasteiger partial charge in [0.2, 0.25) is 5.91 Å². The molecular formula is C17H14F4N6O. The first-order chi connectivity index (χ1) is 13.3. The van der Waals surface area contributed by atoms with Crippen molar-refractivity contribution in [2.75, 3.05) is 18.4 Å². The van der Waals surface area contributed by atoms with Gasteiger partial charge in [0, 0.05) is 6.54 Å². The summed E-state index contributed by atoms with van der Waals surface area (Å²) in [6, 6.07) is 8.29. The van der Waals surface area contributed by atoms with Crippen LogP contribution in [0.1, 0.15) is 6.42 Å². The summed E-state index contributed by atoms with van der Waals surface area (Å²) in [5.41, 5.74) is 0.563. The van der Waals surface area contributed by atoms with Gasteiger partial charge < -0.3 is 10.2 Å². The fourth-order valence-corrected chi connectivity index (χ4v) is 3.10. The Bertz CT molecular complexity index is 1030. The lowest BCUT2D eigenvalue weighted by atomic mass is 10.2. The molecule has 3 heterocycles. The summed E-state index contributed by atoms with van der Waals surface area (Å²) in [7, 11) is 0. The van der Waals surface area contributed by atoms with Crippen LogP contribution in [0.3, 0.4) is 0 Å². The summed E-state index contributed by atoms with van der Waals surface area (Å²) in [4.78, 5) is 13.0. The van der Waals surface area contributed by atoms with Crippen molar-refractivity contribution in [3.63, 3.8) is 0 Å². The van der Waals surface area contributed by atoms with E-state index in [0.717, 1.165) is 4.90 Å². The van der Waals surface area contributed by atoms with Crippen LogP contribution in [0, 0.1) is 5.82 Å². The Labute approximate surface area is 156 Å². The fourth-order valence-electron chi connectivity index (χ4n) is 3.10. The lowest BCUT2D eigenvalue weighted by Gasteiger charge is -2.18. The molecule has 1 aliphatic heterocycles. The van der Waals surface area contributed by atoms with Crippen molar-refractivity contribution in [2.45, 2.75) is 18.6 Å². The predicted molar refractivity (Wildman–Crippen MR) is 90.8 cm³/mol. The molecule has 0 saturated carbocycles. The number of nitrogens with zero attached hydrogens (tertiary/aromatic N) is 5. The van der Waals surface area contributed by atoms with Gasteiger partial charge in [0.1, 0.15) is 24.2 Å².